The fourth-order valence-electron chi connectivity index (χ4n) is 2.10. The second kappa shape index (κ2) is 13.1. The third-order valence-electron chi connectivity index (χ3n) is 3.31. The Kier molecular flexibility index (Phi) is 12.5. The van der Waals surface area contributed by atoms with E-state index in [1.165, 1.54) is 39.0 Å². The van der Waals surface area contributed by atoms with E-state index in [1.807, 2.05) is 6.92 Å². The van der Waals surface area contributed by atoms with Crippen LogP contribution in [-0.2, 0) is 9.59 Å². The molecule has 1 amide bonds. The number of Topliss-reactive ketones (excluding diaryl/α,β-unsaturated/α-hetero) is 1. The summed E-state index contributed by atoms with van der Waals surface area (Å²) in [7, 11) is 0. The Hall–Kier alpha value is -0.900. The second-order valence-electron chi connectivity index (χ2n) is 5.69. The molecule has 1 atom stereocenters. The van der Waals surface area contributed by atoms with Crippen molar-refractivity contribution in [3.63, 3.8) is 0 Å². The molecule has 20 heavy (non-hydrogen) atoms. The van der Waals surface area contributed by atoms with Gasteiger partial charge in [-0.3, -0.25) is 9.59 Å². The fraction of sp³-hybridized carbons (Fsp3) is 0.875. The highest BCUT2D eigenvalue weighted by Crippen LogP contribution is 2.11. The summed E-state index contributed by atoms with van der Waals surface area (Å²) in [5.74, 6) is -0.0211. The lowest BCUT2D eigenvalue weighted by Crippen LogP contribution is -2.27. The number of nitrogens with one attached hydrogen (secondary N) is 1. The summed E-state index contributed by atoms with van der Waals surface area (Å²) >= 11 is 0. The zero-order valence-electron chi connectivity index (χ0n) is 13.1. The first-order valence-electron chi connectivity index (χ1n) is 7.96. The van der Waals surface area contributed by atoms with E-state index in [9.17, 15) is 9.59 Å². The lowest BCUT2D eigenvalue weighted by Gasteiger charge is -2.04. The number of hydrogen-bond donors (Lipinski definition) is 2. The van der Waals surface area contributed by atoms with Gasteiger partial charge in [0.15, 0.2) is 0 Å². The summed E-state index contributed by atoms with van der Waals surface area (Å²) in [6.07, 6.45) is 10.5. The van der Waals surface area contributed by atoms with Crippen molar-refractivity contribution < 1.29 is 14.7 Å². The predicted octanol–water partition coefficient (Wildman–Crippen LogP) is 2.97. The fourth-order valence-corrected chi connectivity index (χ4v) is 2.10. The van der Waals surface area contributed by atoms with Crippen LogP contribution < -0.4 is 5.32 Å². The molecule has 0 aliphatic heterocycles. The van der Waals surface area contributed by atoms with E-state index in [4.69, 9.17) is 5.11 Å². The Labute approximate surface area is 123 Å². The first kappa shape index (κ1) is 19.1. The van der Waals surface area contributed by atoms with E-state index in [1.54, 1.807) is 0 Å². The zero-order valence-corrected chi connectivity index (χ0v) is 13.1. The van der Waals surface area contributed by atoms with Gasteiger partial charge in [-0.1, -0.05) is 44.9 Å². The Morgan fingerprint density at radius 1 is 0.950 bits per heavy atom. The van der Waals surface area contributed by atoms with Crippen molar-refractivity contribution in [2.75, 3.05) is 6.54 Å². The Bertz CT molecular complexity index is 264. The number of hydrogen-bond acceptors (Lipinski definition) is 3. The minimum Gasteiger partial charge on any atom is -0.393 e. The van der Waals surface area contributed by atoms with Gasteiger partial charge in [-0.15, -0.1) is 0 Å². The van der Waals surface area contributed by atoms with Gasteiger partial charge in [0.05, 0.1) is 12.6 Å². The van der Waals surface area contributed by atoms with Crippen LogP contribution in [0.25, 0.3) is 0 Å². The highest BCUT2D eigenvalue weighted by atomic mass is 16.3. The Morgan fingerprint density at radius 3 is 1.95 bits per heavy atom. The topological polar surface area (TPSA) is 66.4 Å². The van der Waals surface area contributed by atoms with Crippen LogP contribution in [0.15, 0.2) is 0 Å². The lowest BCUT2D eigenvalue weighted by molar-refractivity contribution is -0.124. The summed E-state index contributed by atoms with van der Waals surface area (Å²) < 4.78 is 0. The Morgan fingerprint density at radius 2 is 1.45 bits per heavy atom. The number of unbranched alkanes of at least 4 members (excludes halogenated alkanes) is 7. The van der Waals surface area contributed by atoms with Crippen molar-refractivity contribution in [1.29, 1.82) is 0 Å². The van der Waals surface area contributed by atoms with Gasteiger partial charge in [0.2, 0.25) is 5.91 Å². The predicted molar refractivity (Wildman–Crippen MR) is 81.5 cm³/mol. The first-order chi connectivity index (χ1) is 9.52. The first-order valence-corrected chi connectivity index (χ1v) is 7.96. The van der Waals surface area contributed by atoms with Gasteiger partial charge in [-0.05, 0) is 26.7 Å². The average molecular weight is 285 g/mol. The smallest absolute Gasteiger partial charge is 0.220 e. The van der Waals surface area contributed by atoms with Gasteiger partial charge >= 0.3 is 0 Å². The van der Waals surface area contributed by atoms with E-state index < -0.39 is 0 Å². The zero-order chi connectivity index (χ0) is 15.2. The standard InChI is InChI=1S/C16H31NO3/c1-14(18)11-9-7-5-3-4-6-8-10-12-16(20)17-13-15(2)19/h14,18H,3-13H2,1-2H3,(H,17,20). The molecule has 4 nitrogen and oxygen atoms in total. The number of aliphatic hydroxyl groups is 1. The molecule has 118 valence electrons. The van der Waals surface area contributed by atoms with E-state index in [0.717, 1.165) is 25.7 Å². The summed E-state index contributed by atoms with van der Waals surface area (Å²) in [6.45, 7) is 3.47. The van der Waals surface area contributed by atoms with E-state index in [-0.39, 0.29) is 24.3 Å². The molecule has 4 heteroatoms. The molecule has 0 heterocycles. The molecule has 0 saturated heterocycles. The molecule has 0 fully saturated rings. The molecule has 0 spiro atoms. The number of ketones is 1. The van der Waals surface area contributed by atoms with Gasteiger partial charge < -0.3 is 10.4 Å². The van der Waals surface area contributed by atoms with Crippen LogP contribution in [0, 0.1) is 0 Å². The van der Waals surface area contributed by atoms with Crippen molar-refractivity contribution in [2.45, 2.75) is 84.2 Å². The molecule has 2 N–H and O–H groups in total. The monoisotopic (exact) mass is 285 g/mol. The molecule has 0 aromatic rings. The molecule has 0 radical (unpaired) electrons. The number of carbonyl (C=O) groups is 2. The maximum atomic E-state index is 11.3. The van der Waals surface area contributed by atoms with Crippen LogP contribution in [0.4, 0.5) is 0 Å². The summed E-state index contributed by atoms with van der Waals surface area (Å²) in [6, 6.07) is 0. The van der Waals surface area contributed by atoms with Crippen LogP contribution in [0.1, 0.15) is 78.1 Å². The number of aliphatic hydroxyl groups excluding tert-OH is 1. The summed E-state index contributed by atoms with van der Waals surface area (Å²) in [5.41, 5.74) is 0. The van der Waals surface area contributed by atoms with E-state index in [0.29, 0.717) is 6.42 Å². The molecule has 0 aromatic heterocycles. The van der Waals surface area contributed by atoms with Crippen molar-refractivity contribution >= 4 is 11.7 Å². The lowest BCUT2D eigenvalue weighted by atomic mass is 10.1. The average Bonchev–Trinajstić information content (AvgIpc) is 2.38. The number of rotatable bonds is 13. The van der Waals surface area contributed by atoms with E-state index >= 15 is 0 Å². The van der Waals surface area contributed by atoms with Crippen molar-refractivity contribution in [3.05, 3.63) is 0 Å². The quantitative estimate of drug-likeness (QED) is 0.511. The Balaban J connectivity index is 3.16. The minimum absolute atomic E-state index is 0.00561. The van der Waals surface area contributed by atoms with Crippen LogP contribution in [-0.4, -0.2) is 29.4 Å². The minimum atomic E-state index is -0.163. The number of amides is 1. The maximum absolute atomic E-state index is 11.3. The molecular formula is C16H31NO3. The summed E-state index contributed by atoms with van der Waals surface area (Å²) in [5, 5.41) is 11.7. The van der Waals surface area contributed by atoms with Crippen LogP contribution in [0.3, 0.4) is 0 Å². The van der Waals surface area contributed by atoms with Crippen molar-refractivity contribution in [2.24, 2.45) is 0 Å². The SMILES string of the molecule is CC(=O)CNC(=O)CCCCCCCCCCC(C)O. The van der Waals surface area contributed by atoms with Gasteiger partial charge in [0, 0.05) is 6.42 Å². The normalized spacial score (nSPS) is 12.2. The third-order valence-corrected chi connectivity index (χ3v) is 3.31. The second-order valence-corrected chi connectivity index (χ2v) is 5.69. The molecule has 0 saturated carbocycles. The van der Waals surface area contributed by atoms with E-state index in [2.05, 4.69) is 5.32 Å². The molecule has 0 bridgehead atoms. The molecule has 0 aromatic carbocycles. The molecule has 0 rings (SSSR count). The van der Waals surface area contributed by atoms with Crippen LogP contribution in [0.5, 0.6) is 0 Å². The molecule has 1 unspecified atom stereocenters. The van der Waals surface area contributed by atoms with Gasteiger partial charge in [-0.25, -0.2) is 0 Å². The van der Waals surface area contributed by atoms with Gasteiger partial charge in [0.1, 0.15) is 5.78 Å². The van der Waals surface area contributed by atoms with Crippen molar-refractivity contribution in [3.8, 4) is 0 Å². The van der Waals surface area contributed by atoms with Gasteiger partial charge in [-0.2, -0.15) is 0 Å². The third kappa shape index (κ3) is 15.2. The van der Waals surface area contributed by atoms with Crippen LogP contribution in [0.2, 0.25) is 0 Å². The molecule has 0 aliphatic rings. The molecule has 0 aliphatic carbocycles. The van der Waals surface area contributed by atoms with Gasteiger partial charge in [0.25, 0.3) is 0 Å². The molecular weight excluding hydrogens is 254 g/mol. The van der Waals surface area contributed by atoms with Crippen LogP contribution >= 0.6 is 0 Å². The number of carbonyl (C=O) groups excluding carboxylic acids is 2. The highest BCUT2D eigenvalue weighted by Gasteiger charge is 2.01. The highest BCUT2D eigenvalue weighted by molar-refractivity contribution is 5.84. The maximum Gasteiger partial charge on any atom is 0.220 e. The van der Waals surface area contributed by atoms with Crippen molar-refractivity contribution in [1.82, 2.24) is 5.32 Å². The largest absolute Gasteiger partial charge is 0.393 e. The summed E-state index contributed by atoms with van der Waals surface area (Å²) in [4.78, 5) is 22.0.